The topological polar surface area (TPSA) is 43.6 Å². The summed E-state index contributed by atoms with van der Waals surface area (Å²) in [7, 11) is 0. The van der Waals surface area contributed by atoms with Crippen molar-refractivity contribution < 1.29 is 13.9 Å². The van der Waals surface area contributed by atoms with Gasteiger partial charge in [-0.05, 0) is 50.1 Å². The minimum Gasteiger partial charge on any atom is -0.454 e. The Bertz CT molecular complexity index is 563. The number of furan rings is 1. The molecule has 0 amide bonds. The Morgan fingerprint density at radius 2 is 1.94 bits per heavy atom. The molecule has 1 aliphatic rings. The second-order valence-electron chi connectivity index (χ2n) is 3.76. The average molecular weight is 375 g/mol. The van der Waals surface area contributed by atoms with Crippen LogP contribution < -0.4 is 14.8 Å². The summed E-state index contributed by atoms with van der Waals surface area (Å²) in [5.74, 6) is 2.39. The van der Waals surface area contributed by atoms with Gasteiger partial charge in [0.15, 0.2) is 16.2 Å². The zero-order valence-corrected chi connectivity index (χ0v) is 12.4. The van der Waals surface area contributed by atoms with E-state index in [1.54, 1.807) is 0 Å². The molecule has 0 saturated carbocycles. The first-order valence-electron chi connectivity index (χ1n) is 5.29. The molecular weight excluding hydrogens is 366 g/mol. The van der Waals surface area contributed by atoms with Gasteiger partial charge in [0.1, 0.15) is 5.76 Å². The number of nitrogens with one attached hydrogen (secondary N) is 1. The lowest BCUT2D eigenvalue weighted by Gasteiger charge is -2.05. The summed E-state index contributed by atoms with van der Waals surface area (Å²) >= 11 is 6.68. The van der Waals surface area contributed by atoms with Gasteiger partial charge in [-0.3, -0.25) is 0 Å². The Morgan fingerprint density at radius 3 is 2.72 bits per heavy atom. The van der Waals surface area contributed by atoms with Gasteiger partial charge in [0, 0.05) is 11.8 Å². The van der Waals surface area contributed by atoms with Gasteiger partial charge in [0.05, 0.1) is 11.0 Å². The van der Waals surface area contributed by atoms with E-state index in [0.29, 0.717) is 11.2 Å². The summed E-state index contributed by atoms with van der Waals surface area (Å²) in [5, 5.41) is 3.26. The zero-order chi connectivity index (χ0) is 12.5. The molecular formula is C12H9Br2NO3. The Hall–Kier alpha value is -1.14. The molecule has 0 fully saturated rings. The Labute approximate surface area is 121 Å². The van der Waals surface area contributed by atoms with Crippen molar-refractivity contribution in [2.24, 2.45) is 0 Å². The zero-order valence-electron chi connectivity index (χ0n) is 9.20. The summed E-state index contributed by atoms with van der Waals surface area (Å²) < 4.78 is 17.7. The molecule has 0 aliphatic carbocycles. The first kappa shape index (κ1) is 11.9. The van der Waals surface area contributed by atoms with Crippen molar-refractivity contribution in [1.29, 1.82) is 0 Å². The molecule has 0 radical (unpaired) electrons. The maximum atomic E-state index is 5.48. The molecule has 0 spiro atoms. The third-order valence-corrected chi connectivity index (χ3v) is 4.25. The first-order chi connectivity index (χ1) is 8.72. The highest BCUT2D eigenvalue weighted by Crippen LogP contribution is 2.34. The molecule has 0 saturated heterocycles. The molecule has 1 N–H and O–H groups in total. The predicted octanol–water partition coefficient (Wildman–Crippen LogP) is 4.15. The summed E-state index contributed by atoms with van der Waals surface area (Å²) in [6.07, 6.45) is 0. The third kappa shape index (κ3) is 2.35. The van der Waals surface area contributed by atoms with Crippen LogP contribution in [0.25, 0.3) is 0 Å². The van der Waals surface area contributed by atoms with E-state index < -0.39 is 0 Å². The molecule has 0 bridgehead atoms. The van der Waals surface area contributed by atoms with Gasteiger partial charge >= 0.3 is 0 Å². The van der Waals surface area contributed by atoms with Gasteiger partial charge in [-0.15, -0.1) is 0 Å². The van der Waals surface area contributed by atoms with Crippen LogP contribution in [0.1, 0.15) is 5.76 Å². The standard InChI is InChI=1S/C12H9Br2NO3/c13-9-4-8(18-12(9)14)5-15-7-1-2-10-11(3-7)17-6-16-10/h1-4,15H,5-6H2. The SMILES string of the molecule is Brc1cc(CNc2ccc3c(c2)OCO3)oc1Br. The number of halogens is 2. The lowest BCUT2D eigenvalue weighted by Crippen LogP contribution is -1.97. The van der Waals surface area contributed by atoms with Crippen LogP contribution in [-0.2, 0) is 6.54 Å². The first-order valence-corrected chi connectivity index (χ1v) is 6.88. The summed E-state index contributed by atoms with van der Waals surface area (Å²) in [5.41, 5.74) is 0.961. The summed E-state index contributed by atoms with van der Waals surface area (Å²) in [6.45, 7) is 0.890. The van der Waals surface area contributed by atoms with Crippen molar-refractivity contribution in [2.75, 3.05) is 12.1 Å². The molecule has 3 rings (SSSR count). The molecule has 2 aromatic rings. The molecule has 1 aromatic heterocycles. The molecule has 1 aliphatic heterocycles. The van der Waals surface area contributed by atoms with Gasteiger partial charge < -0.3 is 19.2 Å². The molecule has 1 aromatic carbocycles. The van der Waals surface area contributed by atoms with Gasteiger partial charge in [-0.1, -0.05) is 0 Å². The van der Waals surface area contributed by atoms with Crippen LogP contribution in [0.4, 0.5) is 5.69 Å². The lowest BCUT2D eigenvalue weighted by atomic mass is 10.2. The number of anilines is 1. The van der Waals surface area contributed by atoms with E-state index in [9.17, 15) is 0 Å². The van der Waals surface area contributed by atoms with Crippen molar-refractivity contribution in [3.05, 3.63) is 39.2 Å². The van der Waals surface area contributed by atoms with Crippen LogP contribution in [0.3, 0.4) is 0 Å². The van der Waals surface area contributed by atoms with Crippen LogP contribution in [-0.4, -0.2) is 6.79 Å². The molecule has 6 heteroatoms. The minimum absolute atomic E-state index is 0.289. The summed E-state index contributed by atoms with van der Waals surface area (Å²) in [6, 6.07) is 7.67. The van der Waals surface area contributed by atoms with Crippen LogP contribution in [0.15, 0.2) is 37.8 Å². The van der Waals surface area contributed by atoms with Crippen molar-refractivity contribution in [1.82, 2.24) is 0 Å². The monoisotopic (exact) mass is 373 g/mol. The van der Waals surface area contributed by atoms with Crippen molar-refractivity contribution in [3.63, 3.8) is 0 Å². The van der Waals surface area contributed by atoms with E-state index >= 15 is 0 Å². The predicted molar refractivity (Wildman–Crippen MR) is 74.0 cm³/mol. The second kappa shape index (κ2) is 4.85. The normalized spacial score (nSPS) is 12.8. The van der Waals surface area contributed by atoms with Gasteiger partial charge in [0.2, 0.25) is 6.79 Å². The number of hydrogen-bond acceptors (Lipinski definition) is 4. The van der Waals surface area contributed by atoms with Crippen LogP contribution in [0.2, 0.25) is 0 Å². The van der Waals surface area contributed by atoms with Gasteiger partial charge in [-0.2, -0.15) is 0 Å². The highest BCUT2D eigenvalue weighted by Gasteiger charge is 2.13. The molecule has 0 unspecified atom stereocenters. The van der Waals surface area contributed by atoms with Crippen molar-refractivity contribution in [2.45, 2.75) is 6.54 Å². The number of fused-ring (bicyclic) bond motifs is 1. The molecule has 94 valence electrons. The highest BCUT2D eigenvalue weighted by molar-refractivity contribution is 9.13. The maximum absolute atomic E-state index is 5.48. The Kier molecular flexibility index (Phi) is 3.22. The quantitative estimate of drug-likeness (QED) is 0.876. The van der Waals surface area contributed by atoms with E-state index in [-0.39, 0.29) is 6.79 Å². The number of rotatable bonds is 3. The molecule has 0 atom stereocenters. The molecule has 18 heavy (non-hydrogen) atoms. The van der Waals surface area contributed by atoms with Crippen LogP contribution in [0.5, 0.6) is 11.5 Å². The van der Waals surface area contributed by atoms with Gasteiger partial charge in [0.25, 0.3) is 0 Å². The smallest absolute Gasteiger partial charge is 0.231 e. The van der Waals surface area contributed by atoms with Crippen LogP contribution >= 0.6 is 31.9 Å². The highest BCUT2D eigenvalue weighted by atomic mass is 79.9. The lowest BCUT2D eigenvalue weighted by molar-refractivity contribution is 0.174. The Morgan fingerprint density at radius 1 is 1.11 bits per heavy atom. The van der Waals surface area contributed by atoms with E-state index in [4.69, 9.17) is 13.9 Å². The van der Waals surface area contributed by atoms with Gasteiger partial charge in [-0.25, -0.2) is 0 Å². The van der Waals surface area contributed by atoms with Crippen LogP contribution in [0, 0.1) is 0 Å². The molecule has 2 heterocycles. The second-order valence-corrected chi connectivity index (χ2v) is 5.33. The largest absolute Gasteiger partial charge is 0.454 e. The number of ether oxygens (including phenoxy) is 2. The van der Waals surface area contributed by atoms with Crippen molar-refractivity contribution in [3.8, 4) is 11.5 Å². The summed E-state index contributed by atoms with van der Waals surface area (Å²) in [4.78, 5) is 0. The maximum Gasteiger partial charge on any atom is 0.231 e. The number of hydrogen-bond donors (Lipinski definition) is 1. The number of benzene rings is 1. The van der Waals surface area contributed by atoms with E-state index in [1.165, 1.54) is 0 Å². The van der Waals surface area contributed by atoms with E-state index in [1.807, 2.05) is 24.3 Å². The average Bonchev–Trinajstić information content (AvgIpc) is 2.94. The fraction of sp³-hybridized carbons (Fsp3) is 0.167. The fourth-order valence-electron chi connectivity index (χ4n) is 1.67. The third-order valence-electron chi connectivity index (χ3n) is 2.54. The fourth-order valence-corrected chi connectivity index (χ4v) is 2.33. The minimum atomic E-state index is 0.289. The van der Waals surface area contributed by atoms with Crippen molar-refractivity contribution >= 4 is 37.5 Å². The van der Waals surface area contributed by atoms with E-state index in [0.717, 1.165) is 27.4 Å². The molecule has 4 nitrogen and oxygen atoms in total. The van der Waals surface area contributed by atoms with E-state index in [2.05, 4.69) is 37.2 Å². The Balaban J connectivity index is 1.70.